The van der Waals surface area contributed by atoms with E-state index in [1.807, 2.05) is 22.6 Å². The van der Waals surface area contributed by atoms with Gasteiger partial charge in [0, 0.05) is 6.92 Å². The molecule has 5 nitrogen and oxygen atoms in total. The molecule has 0 saturated carbocycles. The Morgan fingerprint density at radius 1 is 1.50 bits per heavy atom. The molecule has 1 N–H and O–H groups in total. The molecule has 0 saturated heterocycles. The number of hydrogen-bond acceptors (Lipinski definition) is 4. The lowest BCUT2D eigenvalue weighted by atomic mass is 10.5. The Hall–Kier alpha value is -0.0500. The fourth-order valence-electron chi connectivity index (χ4n) is 0.418. The van der Waals surface area contributed by atoms with Crippen LogP contribution in [-0.2, 0) is 14.3 Å². The molecule has 0 aliphatic rings. The first-order valence-electron chi connectivity index (χ1n) is 4.44. The Labute approximate surface area is 117 Å². The highest BCUT2D eigenvalue weighted by Crippen LogP contribution is 2.22. The van der Waals surface area contributed by atoms with Gasteiger partial charge in [-0.3, -0.25) is 4.79 Å². The number of aliphatic carboxylic acids is 1. The largest absolute Gasteiger partial charge is 0.509 e. The summed E-state index contributed by atoms with van der Waals surface area (Å²) in [4.78, 5) is 20.0. The van der Waals surface area contributed by atoms with Crippen LogP contribution in [0.5, 0.6) is 0 Å². The predicted octanol–water partition coefficient (Wildman–Crippen LogP) is 3.19. The van der Waals surface area contributed by atoms with Gasteiger partial charge < -0.3 is 14.6 Å². The Morgan fingerprint density at radius 2 is 1.88 bits per heavy atom. The first-order valence-corrected chi connectivity index (χ1v) is 6.64. The van der Waals surface area contributed by atoms with Gasteiger partial charge in [-0.15, -0.1) is 0 Å². The molecule has 0 aliphatic heterocycles. The van der Waals surface area contributed by atoms with Crippen LogP contribution < -0.4 is 0 Å². The zero-order chi connectivity index (χ0) is 13.4. The van der Waals surface area contributed by atoms with Crippen molar-refractivity contribution in [2.75, 3.05) is 5.33 Å². The van der Waals surface area contributed by atoms with Crippen molar-refractivity contribution in [1.82, 2.24) is 0 Å². The second-order valence-electron chi connectivity index (χ2n) is 3.27. The van der Waals surface area contributed by atoms with Crippen LogP contribution in [0.3, 0.4) is 0 Å². The van der Waals surface area contributed by atoms with Gasteiger partial charge in [-0.05, 0) is 43.4 Å². The Balaban J connectivity index is 0. The summed E-state index contributed by atoms with van der Waals surface area (Å²) in [7, 11) is 0. The molecule has 1 atom stereocenters. The number of carboxylic acid groups (broad SMARTS) is 1. The van der Waals surface area contributed by atoms with Crippen molar-refractivity contribution in [1.29, 1.82) is 0 Å². The third kappa shape index (κ3) is 16.4. The van der Waals surface area contributed by atoms with Crippen molar-refractivity contribution in [2.45, 2.75) is 37.4 Å². The smallest absolute Gasteiger partial charge is 0.481 e. The molecule has 7 heteroatoms. The molecule has 0 rings (SSSR count). The normalized spacial score (nSPS) is 13.2. The number of halogens is 2. The van der Waals surface area contributed by atoms with E-state index in [4.69, 9.17) is 19.4 Å². The van der Waals surface area contributed by atoms with Gasteiger partial charge in [0.25, 0.3) is 5.97 Å². The molecule has 0 heterocycles. The second-order valence-corrected chi connectivity index (χ2v) is 6.12. The van der Waals surface area contributed by atoms with E-state index in [-0.39, 0.29) is 6.10 Å². The maximum atomic E-state index is 11.0. The maximum Gasteiger partial charge on any atom is 0.509 e. The lowest BCUT2D eigenvalue weighted by molar-refractivity contribution is -0.134. The van der Waals surface area contributed by atoms with Gasteiger partial charge in [-0.2, -0.15) is 0 Å². The van der Waals surface area contributed by atoms with Crippen LogP contribution in [0.4, 0.5) is 4.79 Å². The third-order valence-corrected chi connectivity index (χ3v) is 3.59. The van der Waals surface area contributed by atoms with Crippen LogP contribution in [0.15, 0.2) is 0 Å². The van der Waals surface area contributed by atoms with Crippen molar-refractivity contribution in [3.63, 3.8) is 0 Å². The molecule has 0 fully saturated rings. The average molecular weight is 411 g/mol. The highest BCUT2D eigenvalue weighted by molar-refractivity contribution is 14.1. The number of carbonyl (C=O) groups is 2. The van der Waals surface area contributed by atoms with Crippen LogP contribution in [0.25, 0.3) is 0 Å². The topological polar surface area (TPSA) is 72.8 Å². The van der Waals surface area contributed by atoms with Crippen molar-refractivity contribution in [2.24, 2.45) is 0 Å². The highest BCUT2D eigenvalue weighted by atomic mass is 127. The van der Waals surface area contributed by atoms with E-state index >= 15 is 0 Å². The molecular weight excluding hydrogens is 395 g/mol. The number of rotatable bonds is 3. The van der Waals surface area contributed by atoms with E-state index < -0.39 is 15.7 Å². The first kappa shape index (κ1) is 18.3. The van der Waals surface area contributed by atoms with Crippen LogP contribution >= 0.6 is 38.5 Å². The summed E-state index contributed by atoms with van der Waals surface area (Å²) < 4.78 is 9.24. The highest BCUT2D eigenvalue weighted by Gasteiger charge is 2.24. The van der Waals surface area contributed by atoms with Crippen LogP contribution in [0.1, 0.15) is 27.7 Å². The predicted molar refractivity (Wildman–Crippen MR) is 72.2 cm³/mol. The van der Waals surface area contributed by atoms with Crippen molar-refractivity contribution in [3.8, 4) is 0 Å². The number of alkyl halides is 2. The molecule has 0 aromatic rings. The van der Waals surface area contributed by atoms with Crippen molar-refractivity contribution in [3.05, 3.63) is 0 Å². The molecule has 0 spiro atoms. The van der Waals surface area contributed by atoms with Crippen molar-refractivity contribution < 1.29 is 24.2 Å². The Kier molecular flexibility index (Phi) is 10.3. The van der Waals surface area contributed by atoms with E-state index in [9.17, 15) is 4.79 Å². The van der Waals surface area contributed by atoms with Gasteiger partial charge in [0.05, 0.1) is 11.4 Å². The fraction of sp³-hybridized carbons (Fsp3) is 0.778. The maximum absolute atomic E-state index is 11.0. The van der Waals surface area contributed by atoms with E-state index in [0.717, 1.165) is 6.92 Å². The van der Waals surface area contributed by atoms with E-state index in [2.05, 4.69) is 15.9 Å². The van der Waals surface area contributed by atoms with Gasteiger partial charge in [-0.1, -0.05) is 15.9 Å². The van der Waals surface area contributed by atoms with Crippen molar-refractivity contribution >= 4 is 50.6 Å². The van der Waals surface area contributed by atoms with Gasteiger partial charge in [-0.25, -0.2) is 4.79 Å². The van der Waals surface area contributed by atoms with Crippen LogP contribution in [-0.4, -0.2) is 32.3 Å². The van der Waals surface area contributed by atoms with E-state index in [1.54, 1.807) is 20.8 Å². The fourth-order valence-corrected chi connectivity index (χ4v) is 0.712. The number of carboxylic acids is 1. The number of carbonyl (C=O) groups excluding carboxylic acids is 1. The zero-order valence-electron chi connectivity index (χ0n) is 9.62. The summed E-state index contributed by atoms with van der Waals surface area (Å²) in [5.41, 5.74) is 0. The molecular formula is C9H16BrIO5. The summed E-state index contributed by atoms with van der Waals surface area (Å²) in [5, 5.41) is 7.99. The van der Waals surface area contributed by atoms with E-state index in [1.165, 1.54) is 0 Å². The quantitative estimate of drug-likeness (QED) is 0.439. The average Bonchev–Trinajstić information content (AvgIpc) is 2.00. The minimum Gasteiger partial charge on any atom is -0.481 e. The summed E-state index contributed by atoms with van der Waals surface area (Å²) in [6.07, 6.45) is -0.763. The Bertz CT molecular complexity index is 226. The summed E-state index contributed by atoms with van der Waals surface area (Å²) >= 11 is 5.26. The molecule has 16 heavy (non-hydrogen) atoms. The lowest BCUT2D eigenvalue weighted by Crippen LogP contribution is -2.27. The first-order chi connectivity index (χ1) is 7.10. The molecule has 96 valence electrons. The molecule has 0 radical (unpaired) electrons. The van der Waals surface area contributed by atoms with Gasteiger partial charge in [0.15, 0.2) is 3.61 Å². The summed E-state index contributed by atoms with van der Waals surface area (Å²) in [6.45, 7) is 6.43. The van der Waals surface area contributed by atoms with Crippen LogP contribution in [0, 0.1) is 0 Å². The monoisotopic (exact) mass is 410 g/mol. The minimum absolute atomic E-state index is 0.139. The number of ether oxygens (including phenoxy) is 2. The summed E-state index contributed by atoms with van der Waals surface area (Å²) in [5.74, 6) is -0.833. The Morgan fingerprint density at radius 3 is 2.12 bits per heavy atom. The molecule has 0 amide bonds. The molecule has 0 bridgehead atoms. The SMILES string of the molecule is CC(=O)O.CC(C)OC(=O)OC(C)(I)CBr. The second kappa shape index (κ2) is 9.03. The number of hydrogen-bond donors (Lipinski definition) is 1. The molecule has 0 aromatic carbocycles. The third-order valence-electron chi connectivity index (χ3n) is 0.867. The summed E-state index contributed by atoms with van der Waals surface area (Å²) in [6, 6.07) is 0. The van der Waals surface area contributed by atoms with Gasteiger partial charge in [0.2, 0.25) is 0 Å². The zero-order valence-corrected chi connectivity index (χ0v) is 13.4. The van der Waals surface area contributed by atoms with Gasteiger partial charge in [0.1, 0.15) is 0 Å². The lowest BCUT2D eigenvalue weighted by Gasteiger charge is -2.20. The molecule has 0 aromatic heterocycles. The van der Waals surface area contributed by atoms with Gasteiger partial charge >= 0.3 is 6.16 Å². The van der Waals surface area contributed by atoms with Crippen LogP contribution in [0.2, 0.25) is 0 Å². The minimum atomic E-state index is -0.833. The molecule has 0 aliphatic carbocycles. The standard InChI is InChI=1S/C7H12BrIO3.C2H4O2/c1-5(2)11-6(10)12-7(3,9)4-8;1-2(3)4/h5H,4H2,1-3H3;1H3,(H,3,4). The van der Waals surface area contributed by atoms with E-state index in [0.29, 0.717) is 5.33 Å². The molecule has 1 unspecified atom stereocenters.